The Kier molecular flexibility index (Phi) is 5.29. The third kappa shape index (κ3) is 4.47. The quantitative estimate of drug-likeness (QED) is 0.468. The van der Waals surface area contributed by atoms with Crippen molar-refractivity contribution in [1.82, 2.24) is 20.5 Å². The second-order valence-electron chi connectivity index (χ2n) is 6.40. The minimum atomic E-state index is -0.404. The summed E-state index contributed by atoms with van der Waals surface area (Å²) in [5.74, 6) is -0.403. The van der Waals surface area contributed by atoms with E-state index in [1.165, 1.54) is 12.1 Å². The van der Waals surface area contributed by atoms with Gasteiger partial charge in [-0.2, -0.15) is 5.10 Å². The summed E-state index contributed by atoms with van der Waals surface area (Å²) in [6.45, 7) is 0.323. The molecule has 3 N–H and O–H groups in total. The largest absolute Gasteiger partial charge is 0.334 e. The van der Waals surface area contributed by atoms with Gasteiger partial charge in [-0.05, 0) is 47.5 Å². The van der Waals surface area contributed by atoms with Crippen LogP contribution in [-0.4, -0.2) is 21.2 Å². The number of anilines is 1. The number of hydrogen-bond donors (Lipinski definition) is 3. The second kappa shape index (κ2) is 8.35. The van der Waals surface area contributed by atoms with Gasteiger partial charge in [-0.15, -0.1) is 0 Å². The van der Waals surface area contributed by atoms with Gasteiger partial charge in [0.1, 0.15) is 5.82 Å². The van der Waals surface area contributed by atoms with Crippen molar-refractivity contribution in [3.05, 3.63) is 90.6 Å². The highest BCUT2D eigenvalue weighted by Gasteiger charge is 2.11. The summed E-state index contributed by atoms with van der Waals surface area (Å²) in [6, 6.07) is 17.0. The minimum Gasteiger partial charge on any atom is -0.334 e. The van der Waals surface area contributed by atoms with Crippen molar-refractivity contribution in [1.29, 1.82) is 0 Å². The lowest BCUT2D eigenvalue weighted by Gasteiger charge is -2.09. The van der Waals surface area contributed by atoms with Gasteiger partial charge in [-0.3, -0.25) is 10.1 Å². The molecule has 0 bridgehead atoms. The molecule has 0 aliphatic heterocycles. The molecule has 0 unspecified atom stereocenters. The fraction of sp³-hybridized carbons (Fsp3) is 0.0455. The topological polar surface area (TPSA) is 82.7 Å². The lowest BCUT2D eigenvalue weighted by molar-refractivity contribution is 0.251. The molecule has 29 heavy (non-hydrogen) atoms. The second-order valence-corrected chi connectivity index (χ2v) is 6.40. The van der Waals surface area contributed by atoms with Gasteiger partial charge in [0.2, 0.25) is 0 Å². The Morgan fingerprint density at radius 2 is 1.83 bits per heavy atom. The van der Waals surface area contributed by atoms with Crippen LogP contribution in [0.25, 0.3) is 22.4 Å². The molecule has 2 heterocycles. The van der Waals surface area contributed by atoms with Gasteiger partial charge in [0.15, 0.2) is 0 Å². The molecule has 0 aliphatic carbocycles. The first-order valence-electron chi connectivity index (χ1n) is 9.03. The number of nitrogens with one attached hydrogen (secondary N) is 3. The molecule has 0 radical (unpaired) electrons. The van der Waals surface area contributed by atoms with Gasteiger partial charge in [0, 0.05) is 41.9 Å². The van der Waals surface area contributed by atoms with Crippen LogP contribution in [0, 0.1) is 5.82 Å². The molecule has 0 saturated heterocycles. The van der Waals surface area contributed by atoms with Crippen molar-refractivity contribution < 1.29 is 9.18 Å². The maximum atomic E-state index is 13.2. The van der Waals surface area contributed by atoms with Gasteiger partial charge >= 0.3 is 6.03 Å². The Labute approximate surface area is 166 Å². The van der Waals surface area contributed by atoms with Gasteiger partial charge in [-0.25, -0.2) is 9.18 Å². The zero-order valence-electron chi connectivity index (χ0n) is 15.4. The average molecular weight is 387 g/mol. The third-order valence-corrected chi connectivity index (χ3v) is 4.37. The SMILES string of the molecule is O=C(NCc1cccc(-c2n[nH]cc2-c2ccncc2)c1)Nc1cccc(F)c1. The van der Waals surface area contributed by atoms with E-state index in [-0.39, 0.29) is 0 Å². The van der Waals surface area contributed by atoms with E-state index in [9.17, 15) is 9.18 Å². The first-order chi connectivity index (χ1) is 14.2. The third-order valence-electron chi connectivity index (χ3n) is 4.37. The van der Waals surface area contributed by atoms with Crippen LogP contribution in [0.3, 0.4) is 0 Å². The summed E-state index contributed by atoms with van der Waals surface area (Å²) in [7, 11) is 0. The molecular weight excluding hydrogens is 369 g/mol. The first kappa shape index (κ1) is 18.4. The van der Waals surface area contributed by atoms with Crippen molar-refractivity contribution in [2.24, 2.45) is 0 Å². The molecular formula is C22H18FN5O. The van der Waals surface area contributed by atoms with Crippen LogP contribution in [0.1, 0.15) is 5.56 Å². The van der Waals surface area contributed by atoms with E-state index in [0.29, 0.717) is 12.2 Å². The van der Waals surface area contributed by atoms with E-state index in [0.717, 1.165) is 27.9 Å². The van der Waals surface area contributed by atoms with Gasteiger partial charge < -0.3 is 10.6 Å². The standard InChI is InChI=1S/C22H18FN5O/c23-18-5-2-6-19(12-18)27-22(29)25-13-15-3-1-4-17(11-15)21-20(14-26-28-21)16-7-9-24-10-8-16/h1-12,14H,13H2,(H,26,28)(H2,25,27,29). The molecule has 2 amide bonds. The highest BCUT2D eigenvalue weighted by Crippen LogP contribution is 2.30. The first-order valence-corrected chi connectivity index (χ1v) is 9.03. The number of hydrogen-bond acceptors (Lipinski definition) is 3. The molecule has 0 saturated carbocycles. The zero-order chi connectivity index (χ0) is 20.1. The number of aromatic amines is 1. The fourth-order valence-corrected chi connectivity index (χ4v) is 3.01. The highest BCUT2D eigenvalue weighted by atomic mass is 19.1. The van der Waals surface area contributed by atoms with Gasteiger partial charge in [0.25, 0.3) is 0 Å². The molecule has 144 valence electrons. The Morgan fingerprint density at radius 1 is 1.00 bits per heavy atom. The fourth-order valence-electron chi connectivity index (χ4n) is 3.01. The number of pyridine rings is 1. The van der Waals surface area contributed by atoms with Crippen molar-refractivity contribution in [2.75, 3.05) is 5.32 Å². The van der Waals surface area contributed by atoms with Crippen LogP contribution in [0.2, 0.25) is 0 Å². The van der Waals surface area contributed by atoms with Crippen LogP contribution in [0.15, 0.2) is 79.3 Å². The Morgan fingerprint density at radius 3 is 2.66 bits per heavy atom. The van der Waals surface area contributed by atoms with E-state index in [2.05, 4.69) is 25.8 Å². The predicted molar refractivity (Wildman–Crippen MR) is 110 cm³/mol. The molecule has 2 aromatic heterocycles. The summed E-state index contributed by atoms with van der Waals surface area (Å²) in [4.78, 5) is 16.1. The smallest absolute Gasteiger partial charge is 0.319 e. The average Bonchev–Trinajstić information content (AvgIpc) is 3.23. The number of carbonyl (C=O) groups is 1. The van der Waals surface area contributed by atoms with Gasteiger partial charge in [0.05, 0.1) is 5.69 Å². The van der Waals surface area contributed by atoms with Crippen molar-refractivity contribution in [2.45, 2.75) is 6.54 Å². The summed E-state index contributed by atoms with van der Waals surface area (Å²) >= 11 is 0. The Bertz CT molecular complexity index is 1130. The number of benzene rings is 2. The Balaban J connectivity index is 1.46. The molecule has 0 spiro atoms. The number of rotatable bonds is 5. The number of urea groups is 1. The number of nitrogens with zero attached hydrogens (tertiary/aromatic N) is 2. The summed E-state index contributed by atoms with van der Waals surface area (Å²) < 4.78 is 13.2. The van der Waals surface area contributed by atoms with Gasteiger partial charge in [-0.1, -0.05) is 24.3 Å². The zero-order valence-corrected chi connectivity index (χ0v) is 15.4. The number of amides is 2. The summed E-state index contributed by atoms with van der Waals surface area (Å²) in [5.41, 5.74) is 5.06. The molecule has 4 rings (SSSR count). The monoisotopic (exact) mass is 387 g/mol. The lowest BCUT2D eigenvalue weighted by atomic mass is 10.0. The molecule has 6 nitrogen and oxygen atoms in total. The Hall–Kier alpha value is -4.00. The molecule has 4 aromatic rings. The number of aromatic nitrogens is 3. The van der Waals surface area contributed by atoms with E-state index >= 15 is 0 Å². The van der Waals surface area contributed by atoms with Crippen LogP contribution < -0.4 is 10.6 Å². The van der Waals surface area contributed by atoms with Crippen molar-refractivity contribution in [3.63, 3.8) is 0 Å². The number of halogens is 1. The minimum absolute atomic E-state index is 0.323. The number of carbonyl (C=O) groups excluding carboxylic acids is 1. The highest BCUT2D eigenvalue weighted by molar-refractivity contribution is 5.89. The molecule has 0 aliphatic rings. The molecule has 2 aromatic carbocycles. The lowest BCUT2D eigenvalue weighted by Crippen LogP contribution is -2.28. The normalized spacial score (nSPS) is 10.5. The maximum Gasteiger partial charge on any atom is 0.319 e. The van der Waals surface area contributed by atoms with E-state index < -0.39 is 11.8 Å². The van der Waals surface area contributed by atoms with E-state index in [1.807, 2.05) is 42.6 Å². The summed E-state index contributed by atoms with van der Waals surface area (Å²) in [6.07, 6.45) is 5.33. The predicted octanol–water partition coefficient (Wildman–Crippen LogP) is 4.60. The number of H-pyrrole nitrogens is 1. The molecule has 0 atom stereocenters. The maximum absolute atomic E-state index is 13.2. The van der Waals surface area contributed by atoms with E-state index in [4.69, 9.17) is 0 Å². The van der Waals surface area contributed by atoms with Crippen molar-refractivity contribution >= 4 is 11.7 Å². The van der Waals surface area contributed by atoms with E-state index in [1.54, 1.807) is 24.5 Å². The van der Waals surface area contributed by atoms with Crippen LogP contribution >= 0.6 is 0 Å². The van der Waals surface area contributed by atoms with Crippen LogP contribution in [0.4, 0.5) is 14.9 Å². The summed E-state index contributed by atoms with van der Waals surface area (Å²) in [5, 5.41) is 12.7. The van der Waals surface area contributed by atoms with Crippen molar-refractivity contribution in [3.8, 4) is 22.4 Å². The van der Waals surface area contributed by atoms with Crippen LogP contribution in [-0.2, 0) is 6.54 Å². The van der Waals surface area contributed by atoms with Crippen LogP contribution in [0.5, 0.6) is 0 Å². The molecule has 0 fully saturated rings. The molecule has 7 heteroatoms.